The Morgan fingerprint density at radius 1 is 1.41 bits per heavy atom. The van der Waals surface area contributed by atoms with Crippen LogP contribution in [-0.2, 0) is 4.79 Å². The largest absolute Gasteiger partial charge is 0.496 e. The molecule has 1 heterocycles. The number of rotatable bonds is 4. The molecule has 1 atom stereocenters. The molecule has 0 saturated carbocycles. The number of ketones is 1. The molecule has 7 nitrogen and oxygen atoms in total. The topological polar surface area (TPSA) is 96.7 Å². The molecule has 1 aliphatic heterocycles. The van der Waals surface area contributed by atoms with Crippen LogP contribution in [0.4, 0.5) is 11.4 Å². The molecule has 0 aromatic heterocycles. The highest BCUT2D eigenvalue weighted by atomic mass is 16.5. The average molecular weight is 306 g/mol. The minimum Gasteiger partial charge on any atom is -0.496 e. The molecule has 7 heteroatoms. The van der Waals surface area contributed by atoms with Crippen molar-refractivity contribution in [3.05, 3.63) is 17.7 Å². The molecular weight excluding hydrogens is 284 g/mol. The Morgan fingerprint density at radius 2 is 2.14 bits per heavy atom. The number of ether oxygens (including phenoxy) is 1. The number of nitrogens with one attached hydrogen (secondary N) is 2. The lowest BCUT2D eigenvalue weighted by Crippen LogP contribution is -2.43. The van der Waals surface area contributed by atoms with Crippen LogP contribution in [0.1, 0.15) is 23.7 Å². The van der Waals surface area contributed by atoms with Crippen LogP contribution in [0.15, 0.2) is 12.1 Å². The second kappa shape index (κ2) is 6.65. The average Bonchev–Trinajstić information content (AvgIpc) is 2.55. The minimum atomic E-state index is -0.142. The molecule has 1 fully saturated rings. The van der Waals surface area contributed by atoms with Crippen molar-refractivity contribution in [1.29, 1.82) is 0 Å². The Balaban J connectivity index is 2.34. The van der Waals surface area contributed by atoms with Crippen molar-refractivity contribution in [2.45, 2.75) is 13.3 Å². The molecule has 2 rings (SSSR count). The summed E-state index contributed by atoms with van der Waals surface area (Å²) in [6.45, 7) is 2.73. The molecule has 22 heavy (non-hydrogen) atoms. The van der Waals surface area contributed by atoms with Gasteiger partial charge in [0.25, 0.3) is 5.91 Å². The zero-order chi connectivity index (χ0) is 16.3. The van der Waals surface area contributed by atoms with Gasteiger partial charge in [0, 0.05) is 38.5 Å². The SMILES string of the molecule is CNc1cc(C(=O)N2CCC(=O)C(C)C2)c(OC)cc1NN. The summed E-state index contributed by atoms with van der Waals surface area (Å²) < 4.78 is 5.31. The number of nitrogens with two attached hydrogens (primary N) is 1. The van der Waals surface area contributed by atoms with Gasteiger partial charge in [-0.2, -0.15) is 0 Å². The number of likely N-dealkylation sites (tertiary alicyclic amines) is 1. The van der Waals surface area contributed by atoms with Crippen LogP contribution in [0.3, 0.4) is 0 Å². The van der Waals surface area contributed by atoms with E-state index in [2.05, 4.69) is 10.7 Å². The highest BCUT2D eigenvalue weighted by molar-refractivity contribution is 6.00. The molecule has 120 valence electrons. The lowest BCUT2D eigenvalue weighted by Gasteiger charge is -2.30. The van der Waals surface area contributed by atoms with E-state index in [1.165, 1.54) is 7.11 Å². The summed E-state index contributed by atoms with van der Waals surface area (Å²) >= 11 is 0. The van der Waals surface area contributed by atoms with E-state index in [1.54, 1.807) is 24.1 Å². The van der Waals surface area contributed by atoms with E-state index in [0.717, 1.165) is 0 Å². The Morgan fingerprint density at radius 3 is 2.68 bits per heavy atom. The van der Waals surface area contributed by atoms with Crippen molar-refractivity contribution in [3.63, 3.8) is 0 Å². The van der Waals surface area contributed by atoms with Gasteiger partial charge in [-0.05, 0) is 6.07 Å². The number of Topliss-reactive ketones (excluding diaryl/α,β-unsaturated/α-hetero) is 1. The fraction of sp³-hybridized carbons (Fsp3) is 0.467. The van der Waals surface area contributed by atoms with Crippen LogP contribution in [-0.4, -0.2) is 43.8 Å². The number of anilines is 2. The lowest BCUT2D eigenvalue weighted by atomic mass is 9.97. The molecule has 0 aliphatic carbocycles. The zero-order valence-electron chi connectivity index (χ0n) is 13.1. The number of methoxy groups -OCH3 is 1. The Hall–Kier alpha value is -2.28. The third-order valence-corrected chi connectivity index (χ3v) is 3.95. The number of carbonyl (C=O) groups excluding carboxylic acids is 2. The Bertz CT molecular complexity index is 588. The van der Waals surface area contributed by atoms with Gasteiger partial charge in [0.05, 0.1) is 24.0 Å². The molecular formula is C15H22N4O3. The van der Waals surface area contributed by atoms with Gasteiger partial charge in [-0.15, -0.1) is 0 Å². The Labute approximate surface area is 129 Å². The first-order valence-corrected chi connectivity index (χ1v) is 7.20. The van der Waals surface area contributed by atoms with Gasteiger partial charge in [0.1, 0.15) is 11.5 Å². The second-order valence-electron chi connectivity index (χ2n) is 5.36. The number of hydrogen-bond acceptors (Lipinski definition) is 6. The number of piperidine rings is 1. The van der Waals surface area contributed by atoms with E-state index in [4.69, 9.17) is 10.6 Å². The predicted octanol–water partition coefficient (Wildman–Crippen LogP) is 1.07. The van der Waals surface area contributed by atoms with E-state index < -0.39 is 0 Å². The Kier molecular flexibility index (Phi) is 4.87. The molecule has 1 unspecified atom stereocenters. The van der Waals surface area contributed by atoms with Crippen molar-refractivity contribution >= 4 is 23.1 Å². The van der Waals surface area contributed by atoms with Crippen molar-refractivity contribution < 1.29 is 14.3 Å². The van der Waals surface area contributed by atoms with Crippen LogP contribution < -0.4 is 21.3 Å². The van der Waals surface area contributed by atoms with E-state index in [9.17, 15) is 9.59 Å². The van der Waals surface area contributed by atoms with Gasteiger partial charge in [-0.3, -0.25) is 15.4 Å². The quantitative estimate of drug-likeness (QED) is 0.569. The number of benzene rings is 1. The third-order valence-electron chi connectivity index (χ3n) is 3.95. The fourth-order valence-electron chi connectivity index (χ4n) is 2.61. The van der Waals surface area contributed by atoms with Crippen molar-refractivity contribution in [1.82, 2.24) is 4.90 Å². The molecule has 0 radical (unpaired) electrons. The molecule has 0 bridgehead atoms. The second-order valence-corrected chi connectivity index (χ2v) is 5.36. The summed E-state index contributed by atoms with van der Waals surface area (Å²) in [5, 5.41) is 2.99. The van der Waals surface area contributed by atoms with Crippen molar-refractivity contribution in [3.8, 4) is 5.75 Å². The highest BCUT2D eigenvalue weighted by Gasteiger charge is 2.29. The smallest absolute Gasteiger partial charge is 0.257 e. The third kappa shape index (κ3) is 2.99. The van der Waals surface area contributed by atoms with Gasteiger partial charge >= 0.3 is 0 Å². The molecule has 4 N–H and O–H groups in total. The van der Waals surface area contributed by atoms with Crippen molar-refractivity contribution in [2.24, 2.45) is 11.8 Å². The highest BCUT2D eigenvalue weighted by Crippen LogP contribution is 2.32. The van der Waals surface area contributed by atoms with Gasteiger partial charge in [-0.25, -0.2) is 0 Å². The molecule has 1 aromatic carbocycles. The first-order chi connectivity index (χ1) is 10.5. The standard InChI is InChI=1S/C15H22N4O3/c1-9-8-19(5-4-13(9)20)15(21)10-6-11(17-2)12(18-16)7-14(10)22-3/h6-7,9,17-18H,4-5,8,16H2,1-3H3. The fourth-order valence-corrected chi connectivity index (χ4v) is 2.61. The summed E-state index contributed by atoms with van der Waals surface area (Å²) in [6.07, 6.45) is 0.399. The maximum absolute atomic E-state index is 12.8. The summed E-state index contributed by atoms with van der Waals surface area (Å²) in [7, 11) is 3.26. The summed E-state index contributed by atoms with van der Waals surface area (Å²) in [5.74, 6) is 5.85. The number of hydrazine groups is 1. The number of hydrogen-bond donors (Lipinski definition) is 3. The van der Waals surface area contributed by atoms with Crippen molar-refractivity contribution in [2.75, 3.05) is 38.0 Å². The van der Waals surface area contributed by atoms with Crippen LogP contribution >= 0.6 is 0 Å². The maximum Gasteiger partial charge on any atom is 0.257 e. The van der Waals surface area contributed by atoms with Crippen LogP contribution in [0.2, 0.25) is 0 Å². The van der Waals surface area contributed by atoms with Crippen LogP contribution in [0, 0.1) is 5.92 Å². The molecule has 1 aliphatic rings. The number of nitrogen functional groups attached to an aromatic ring is 1. The summed E-state index contributed by atoms with van der Waals surface area (Å²) in [6, 6.07) is 3.38. The predicted molar refractivity (Wildman–Crippen MR) is 85.0 cm³/mol. The van der Waals surface area contributed by atoms with Crippen LogP contribution in [0.25, 0.3) is 0 Å². The first-order valence-electron chi connectivity index (χ1n) is 7.20. The molecule has 0 spiro atoms. The number of amides is 1. The van der Waals surface area contributed by atoms with E-state index in [1.807, 2.05) is 6.92 Å². The maximum atomic E-state index is 12.8. The number of nitrogens with zero attached hydrogens (tertiary/aromatic N) is 1. The van der Waals surface area contributed by atoms with Gasteiger partial charge in [-0.1, -0.05) is 6.92 Å². The van der Waals surface area contributed by atoms with E-state index >= 15 is 0 Å². The number of carbonyl (C=O) groups is 2. The van der Waals surface area contributed by atoms with E-state index in [-0.39, 0.29) is 17.6 Å². The van der Waals surface area contributed by atoms with Crippen LogP contribution in [0.5, 0.6) is 5.75 Å². The molecule has 1 amide bonds. The van der Waals surface area contributed by atoms with Gasteiger partial charge in [0.15, 0.2) is 0 Å². The monoisotopic (exact) mass is 306 g/mol. The van der Waals surface area contributed by atoms with E-state index in [0.29, 0.717) is 42.2 Å². The normalized spacial score (nSPS) is 18.1. The van der Waals surface area contributed by atoms with Gasteiger partial charge < -0.3 is 20.4 Å². The summed E-state index contributed by atoms with van der Waals surface area (Å²) in [5.41, 5.74) is 4.36. The molecule has 1 saturated heterocycles. The minimum absolute atomic E-state index is 0.127. The first kappa shape index (κ1) is 16.1. The zero-order valence-corrected chi connectivity index (χ0v) is 13.1. The lowest BCUT2D eigenvalue weighted by molar-refractivity contribution is -0.124. The summed E-state index contributed by atoms with van der Waals surface area (Å²) in [4.78, 5) is 26.1. The molecule has 1 aromatic rings. The van der Waals surface area contributed by atoms with Gasteiger partial charge in [0.2, 0.25) is 0 Å².